The summed E-state index contributed by atoms with van der Waals surface area (Å²) >= 11 is 7.56. The molecule has 1 heterocycles. The molecule has 1 aliphatic carbocycles. The average Bonchev–Trinajstić information content (AvgIpc) is 3.20. The summed E-state index contributed by atoms with van der Waals surface area (Å²) < 4.78 is 11.4. The molecule has 0 radical (unpaired) electrons. The van der Waals surface area contributed by atoms with Crippen LogP contribution in [0.1, 0.15) is 68.9 Å². The van der Waals surface area contributed by atoms with E-state index < -0.39 is 6.04 Å². The highest BCUT2D eigenvalue weighted by Crippen LogP contribution is 2.34. The molecule has 2 aromatic rings. The molecule has 1 saturated carbocycles. The number of nitrogens with zero attached hydrogens (tertiary/aromatic N) is 1. The van der Waals surface area contributed by atoms with Gasteiger partial charge in [0.2, 0.25) is 11.8 Å². The summed E-state index contributed by atoms with van der Waals surface area (Å²) in [6.45, 7) is 4.19. The lowest BCUT2D eigenvalue weighted by atomic mass is 10.0. The third-order valence-electron chi connectivity index (χ3n) is 5.97. The van der Waals surface area contributed by atoms with Crippen molar-refractivity contribution in [2.24, 2.45) is 0 Å². The molecule has 1 aliphatic rings. The molecule has 3 rings (SSSR count). The van der Waals surface area contributed by atoms with Gasteiger partial charge in [-0.2, -0.15) is 0 Å². The fourth-order valence-corrected chi connectivity index (χ4v) is 5.21. The van der Waals surface area contributed by atoms with E-state index in [1.165, 1.54) is 12.8 Å². The second kappa shape index (κ2) is 13.0. The molecule has 2 amide bonds. The molecular formula is C26H35ClN2O4S. The lowest BCUT2D eigenvalue weighted by Gasteiger charge is -2.32. The van der Waals surface area contributed by atoms with Gasteiger partial charge < -0.3 is 19.7 Å². The summed E-state index contributed by atoms with van der Waals surface area (Å²) in [6.07, 6.45) is 6.48. The molecular weight excluding hydrogens is 472 g/mol. The monoisotopic (exact) mass is 506 g/mol. The highest BCUT2D eigenvalue weighted by molar-refractivity contribution is 7.09. The number of rotatable bonds is 10. The van der Waals surface area contributed by atoms with Crippen LogP contribution in [0.15, 0.2) is 35.7 Å². The first kappa shape index (κ1) is 26.4. The zero-order chi connectivity index (χ0) is 24.5. The molecule has 0 saturated heterocycles. The van der Waals surface area contributed by atoms with Crippen LogP contribution < -0.4 is 14.8 Å². The van der Waals surface area contributed by atoms with Crippen LogP contribution in [0.5, 0.6) is 11.5 Å². The Morgan fingerprint density at radius 3 is 2.47 bits per heavy atom. The van der Waals surface area contributed by atoms with E-state index >= 15 is 0 Å². The predicted molar refractivity (Wildman–Crippen MR) is 137 cm³/mol. The van der Waals surface area contributed by atoms with Gasteiger partial charge in [0, 0.05) is 10.9 Å². The van der Waals surface area contributed by atoms with Crippen molar-refractivity contribution in [1.29, 1.82) is 0 Å². The van der Waals surface area contributed by atoms with Crippen LogP contribution in [-0.2, 0) is 16.1 Å². The van der Waals surface area contributed by atoms with Crippen molar-refractivity contribution in [3.63, 3.8) is 0 Å². The van der Waals surface area contributed by atoms with Crippen molar-refractivity contribution >= 4 is 34.8 Å². The Morgan fingerprint density at radius 2 is 1.88 bits per heavy atom. The Balaban J connectivity index is 1.99. The number of methoxy groups -OCH3 is 1. The summed E-state index contributed by atoms with van der Waals surface area (Å²) in [7, 11) is 1.57. The minimum Gasteiger partial charge on any atom is -0.493 e. The summed E-state index contributed by atoms with van der Waals surface area (Å²) in [5.74, 6) is 0.425. The highest BCUT2D eigenvalue weighted by Gasteiger charge is 2.33. The Morgan fingerprint density at radius 1 is 1.15 bits per heavy atom. The van der Waals surface area contributed by atoms with Crippen LogP contribution in [0.25, 0.3) is 0 Å². The van der Waals surface area contributed by atoms with Gasteiger partial charge in [-0.25, -0.2) is 0 Å². The second-order valence-electron chi connectivity index (χ2n) is 8.91. The van der Waals surface area contributed by atoms with Crippen molar-refractivity contribution in [3.05, 3.63) is 46.2 Å². The van der Waals surface area contributed by atoms with Gasteiger partial charge in [-0.3, -0.25) is 9.59 Å². The number of carbonyl (C=O) groups excluding carboxylic acids is 2. The van der Waals surface area contributed by atoms with Gasteiger partial charge in [0.25, 0.3) is 0 Å². The van der Waals surface area contributed by atoms with Gasteiger partial charge in [-0.05, 0) is 55.8 Å². The number of ether oxygens (including phenoxy) is 2. The number of carbonyl (C=O) groups is 2. The van der Waals surface area contributed by atoms with Crippen molar-refractivity contribution < 1.29 is 19.1 Å². The van der Waals surface area contributed by atoms with Gasteiger partial charge in [0.05, 0.1) is 19.8 Å². The fraction of sp³-hybridized carbons (Fsp3) is 0.538. The van der Waals surface area contributed by atoms with Gasteiger partial charge in [-0.1, -0.05) is 37.8 Å². The molecule has 0 aliphatic heterocycles. The number of halogens is 1. The lowest BCUT2D eigenvalue weighted by molar-refractivity contribution is -0.140. The Kier molecular flexibility index (Phi) is 10.1. The van der Waals surface area contributed by atoms with Crippen molar-refractivity contribution in [2.45, 2.75) is 77.1 Å². The van der Waals surface area contributed by atoms with Crippen molar-refractivity contribution in [2.75, 3.05) is 13.0 Å². The lowest BCUT2D eigenvalue weighted by Crippen LogP contribution is -2.46. The summed E-state index contributed by atoms with van der Waals surface area (Å²) in [6, 6.07) is 8.59. The number of benzene rings is 1. The number of thiophene rings is 1. The molecule has 8 heteroatoms. The molecule has 0 bridgehead atoms. The van der Waals surface area contributed by atoms with E-state index in [9.17, 15) is 9.59 Å². The third kappa shape index (κ3) is 7.12. The molecule has 1 aromatic heterocycles. The van der Waals surface area contributed by atoms with E-state index in [0.717, 1.165) is 30.6 Å². The van der Waals surface area contributed by atoms with Crippen LogP contribution in [-0.4, -0.2) is 41.8 Å². The molecule has 6 nitrogen and oxygen atoms in total. The number of nitrogens with one attached hydrogen (secondary N) is 1. The smallest absolute Gasteiger partial charge is 0.247 e. The maximum absolute atomic E-state index is 13.8. The van der Waals surface area contributed by atoms with E-state index in [1.54, 1.807) is 35.5 Å². The first-order valence-corrected chi connectivity index (χ1v) is 13.4. The first-order valence-electron chi connectivity index (χ1n) is 12.0. The van der Waals surface area contributed by atoms with Crippen LogP contribution in [0.4, 0.5) is 0 Å². The molecule has 0 spiro atoms. The van der Waals surface area contributed by atoms with Crippen LogP contribution in [0, 0.1) is 0 Å². The van der Waals surface area contributed by atoms with E-state index in [0.29, 0.717) is 23.6 Å². The standard InChI is InChI=1S/C26H35ClN2O4S/c1-18(2)33-22-13-12-19(15-23(22)32-3)25(26(31)28-20-9-6-4-5-7-10-20)29(24(30)16-27)17-21-11-8-14-34-21/h8,11-15,18,20,25H,4-7,9-10,16-17H2,1-3H3,(H,28,31). The minimum atomic E-state index is -0.835. The third-order valence-corrected chi connectivity index (χ3v) is 7.06. The van der Waals surface area contributed by atoms with Gasteiger partial charge in [0.15, 0.2) is 11.5 Å². The quantitative estimate of drug-likeness (QED) is 0.332. The van der Waals surface area contributed by atoms with Crippen LogP contribution in [0.2, 0.25) is 0 Å². The minimum absolute atomic E-state index is 0.0257. The van der Waals surface area contributed by atoms with Gasteiger partial charge in [0.1, 0.15) is 11.9 Å². The van der Waals surface area contributed by atoms with Crippen molar-refractivity contribution in [1.82, 2.24) is 10.2 Å². The Bertz CT molecular complexity index is 927. The van der Waals surface area contributed by atoms with Gasteiger partial charge >= 0.3 is 0 Å². The fourth-order valence-electron chi connectivity index (χ4n) is 4.35. The second-order valence-corrected chi connectivity index (χ2v) is 10.2. The number of alkyl halides is 1. The largest absolute Gasteiger partial charge is 0.493 e. The topological polar surface area (TPSA) is 67.9 Å². The first-order chi connectivity index (χ1) is 16.4. The molecule has 186 valence electrons. The molecule has 1 atom stereocenters. The van der Waals surface area contributed by atoms with Crippen LogP contribution >= 0.6 is 22.9 Å². The molecule has 1 fully saturated rings. The van der Waals surface area contributed by atoms with Gasteiger partial charge in [-0.15, -0.1) is 22.9 Å². The predicted octanol–water partition coefficient (Wildman–Crippen LogP) is 5.69. The number of hydrogen-bond donors (Lipinski definition) is 1. The molecule has 1 N–H and O–H groups in total. The van der Waals surface area contributed by atoms with E-state index in [-0.39, 0.29) is 29.8 Å². The van der Waals surface area contributed by atoms with E-state index in [2.05, 4.69) is 5.32 Å². The molecule has 1 aromatic carbocycles. The van der Waals surface area contributed by atoms with Crippen molar-refractivity contribution in [3.8, 4) is 11.5 Å². The summed E-state index contributed by atoms with van der Waals surface area (Å²) in [5, 5.41) is 5.19. The summed E-state index contributed by atoms with van der Waals surface area (Å²) in [5.41, 5.74) is 0.661. The normalized spacial score (nSPS) is 15.4. The Hall–Kier alpha value is -2.25. The highest BCUT2D eigenvalue weighted by atomic mass is 35.5. The van der Waals surface area contributed by atoms with E-state index in [4.69, 9.17) is 21.1 Å². The Labute approximate surface area is 211 Å². The molecule has 34 heavy (non-hydrogen) atoms. The zero-order valence-electron chi connectivity index (χ0n) is 20.2. The summed E-state index contributed by atoms with van der Waals surface area (Å²) in [4.78, 5) is 29.4. The van der Waals surface area contributed by atoms with E-state index in [1.807, 2.05) is 37.4 Å². The number of hydrogen-bond acceptors (Lipinski definition) is 5. The van der Waals surface area contributed by atoms with Crippen LogP contribution in [0.3, 0.4) is 0 Å². The zero-order valence-corrected chi connectivity index (χ0v) is 21.8. The number of amides is 2. The molecule has 1 unspecified atom stereocenters. The maximum atomic E-state index is 13.8. The maximum Gasteiger partial charge on any atom is 0.247 e. The average molecular weight is 507 g/mol. The SMILES string of the molecule is COc1cc(C(C(=O)NC2CCCCCC2)N(Cc2cccs2)C(=O)CCl)ccc1OC(C)C.